The molecule has 0 saturated heterocycles. The van der Waals surface area contributed by atoms with Gasteiger partial charge in [0.05, 0.1) is 20.0 Å². The largest absolute Gasteiger partial charge is 0.497 e. The zero-order chi connectivity index (χ0) is 17.4. The van der Waals surface area contributed by atoms with Gasteiger partial charge in [-0.15, -0.1) is 0 Å². The third-order valence-corrected chi connectivity index (χ3v) is 4.64. The highest BCUT2D eigenvalue weighted by molar-refractivity contribution is 7.89. The van der Waals surface area contributed by atoms with Crippen LogP contribution in [0.5, 0.6) is 17.2 Å². The summed E-state index contributed by atoms with van der Waals surface area (Å²) < 4.78 is 42.3. The molecule has 0 aromatic heterocycles. The summed E-state index contributed by atoms with van der Waals surface area (Å²) in [6, 6.07) is 14.2. The van der Waals surface area contributed by atoms with Crippen LogP contribution in [0.25, 0.3) is 0 Å². The summed E-state index contributed by atoms with van der Waals surface area (Å²) in [6.07, 6.45) is 0. The van der Waals surface area contributed by atoms with E-state index in [1.807, 2.05) is 18.2 Å². The topological polar surface area (TPSA) is 73.9 Å². The van der Waals surface area contributed by atoms with Crippen LogP contribution >= 0.6 is 0 Å². The fourth-order valence-electron chi connectivity index (χ4n) is 2.05. The van der Waals surface area contributed by atoms with Crippen LogP contribution in [0.3, 0.4) is 0 Å². The van der Waals surface area contributed by atoms with Gasteiger partial charge in [0.1, 0.15) is 23.9 Å². The van der Waals surface area contributed by atoms with E-state index in [1.54, 1.807) is 44.6 Å². The maximum absolute atomic E-state index is 12.0. The molecule has 2 rings (SSSR count). The average Bonchev–Trinajstić information content (AvgIpc) is 2.61. The Labute approximate surface area is 142 Å². The molecule has 0 aliphatic heterocycles. The lowest BCUT2D eigenvalue weighted by molar-refractivity contribution is 0.339. The Morgan fingerprint density at radius 2 is 1.58 bits per heavy atom. The highest BCUT2D eigenvalue weighted by Gasteiger charge is 2.12. The minimum Gasteiger partial charge on any atom is -0.497 e. The number of hydrogen-bond donors (Lipinski definition) is 1. The second kappa shape index (κ2) is 8.56. The zero-order valence-corrected chi connectivity index (χ0v) is 14.5. The maximum Gasteiger partial charge on any atom is 0.215 e. The zero-order valence-electron chi connectivity index (χ0n) is 13.7. The summed E-state index contributed by atoms with van der Waals surface area (Å²) in [7, 11) is -0.312. The molecule has 0 unspecified atom stereocenters. The third-order valence-electron chi connectivity index (χ3n) is 3.36. The normalized spacial score (nSPS) is 11.1. The van der Waals surface area contributed by atoms with Crippen LogP contribution in [0.1, 0.15) is 5.56 Å². The van der Waals surface area contributed by atoms with Crippen LogP contribution in [-0.2, 0) is 16.6 Å². The van der Waals surface area contributed by atoms with Crippen molar-refractivity contribution in [1.82, 2.24) is 4.72 Å². The van der Waals surface area contributed by atoms with E-state index in [0.717, 1.165) is 5.56 Å². The maximum atomic E-state index is 12.0. The van der Waals surface area contributed by atoms with E-state index >= 15 is 0 Å². The number of methoxy groups -OCH3 is 2. The van der Waals surface area contributed by atoms with Crippen molar-refractivity contribution in [1.29, 1.82) is 0 Å². The third kappa shape index (κ3) is 5.43. The molecular formula is C17H21NO5S. The summed E-state index contributed by atoms with van der Waals surface area (Å²) in [4.78, 5) is 0. The van der Waals surface area contributed by atoms with E-state index in [1.165, 1.54) is 0 Å². The Morgan fingerprint density at radius 1 is 0.917 bits per heavy atom. The molecule has 0 amide bonds. The number of sulfonamides is 1. The second-order valence-electron chi connectivity index (χ2n) is 4.98. The molecule has 0 saturated carbocycles. The number of rotatable bonds is 9. The predicted molar refractivity (Wildman–Crippen MR) is 92.1 cm³/mol. The van der Waals surface area contributed by atoms with Gasteiger partial charge in [-0.05, 0) is 30.3 Å². The molecule has 0 spiro atoms. The molecule has 6 nitrogen and oxygen atoms in total. The number of ether oxygens (including phenoxy) is 3. The molecule has 130 valence electrons. The van der Waals surface area contributed by atoms with Gasteiger partial charge in [-0.3, -0.25) is 0 Å². The highest BCUT2D eigenvalue weighted by atomic mass is 32.2. The molecule has 2 aromatic rings. The first-order valence-electron chi connectivity index (χ1n) is 7.40. The van der Waals surface area contributed by atoms with Crippen LogP contribution in [0.15, 0.2) is 48.5 Å². The van der Waals surface area contributed by atoms with E-state index in [4.69, 9.17) is 14.2 Å². The van der Waals surface area contributed by atoms with E-state index < -0.39 is 10.0 Å². The van der Waals surface area contributed by atoms with Crippen LogP contribution < -0.4 is 18.9 Å². The molecule has 0 aliphatic carbocycles. The van der Waals surface area contributed by atoms with Crippen molar-refractivity contribution in [3.05, 3.63) is 54.1 Å². The molecular weight excluding hydrogens is 330 g/mol. The standard InChI is InChI=1S/C17H21NO5S/c1-21-15-7-9-16(10-8-15)23-11-12-24(19,20)18-13-14-5-3-4-6-17(14)22-2/h3-10,18H,11-13H2,1-2H3. The van der Waals surface area contributed by atoms with Gasteiger partial charge >= 0.3 is 0 Å². The fraction of sp³-hybridized carbons (Fsp3) is 0.294. The van der Waals surface area contributed by atoms with Crippen LogP contribution in [0.4, 0.5) is 0 Å². The van der Waals surface area contributed by atoms with Crippen LogP contribution in [-0.4, -0.2) is 35.0 Å². The highest BCUT2D eigenvalue weighted by Crippen LogP contribution is 2.18. The molecule has 0 radical (unpaired) electrons. The van der Waals surface area contributed by atoms with E-state index in [0.29, 0.717) is 17.2 Å². The van der Waals surface area contributed by atoms with Gasteiger partial charge in [-0.1, -0.05) is 18.2 Å². The SMILES string of the molecule is COc1ccc(OCCS(=O)(=O)NCc2ccccc2OC)cc1. The molecule has 0 bridgehead atoms. The van der Waals surface area contributed by atoms with Crippen molar-refractivity contribution in [3.8, 4) is 17.2 Å². The first kappa shape index (κ1) is 18.1. The van der Waals surface area contributed by atoms with E-state index in [9.17, 15) is 8.42 Å². The molecule has 24 heavy (non-hydrogen) atoms. The van der Waals surface area contributed by atoms with Crippen molar-refractivity contribution in [2.75, 3.05) is 26.6 Å². The molecule has 7 heteroatoms. The first-order valence-corrected chi connectivity index (χ1v) is 9.05. The molecule has 0 aliphatic rings. The first-order chi connectivity index (χ1) is 11.5. The lowest BCUT2D eigenvalue weighted by Crippen LogP contribution is -2.28. The minimum atomic E-state index is -3.44. The average molecular weight is 351 g/mol. The molecule has 0 heterocycles. The van der Waals surface area contributed by atoms with Gasteiger partial charge in [0, 0.05) is 12.1 Å². The fourth-order valence-corrected chi connectivity index (χ4v) is 2.87. The van der Waals surface area contributed by atoms with Crippen LogP contribution in [0.2, 0.25) is 0 Å². The molecule has 0 atom stereocenters. The van der Waals surface area contributed by atoms with Gasteiger partial charge in [-0.2, -0.15) is 0 Å². The summed E-state index contributed by atoms with van der Waals surface area (Å²) in [5, 5.41) is 0. The lowest BCUT2D eigenvalue weighted by atomic mass is 10.2. The van der Waals surface area contributed by atoms with Crippen molar-refractivity contribution < 1.29 is 22.6 Å². The van der Waals surface area contributed by atoms with Gasteiger partial charge in [-0.25, -0.2) is 13.1 Å². The van der Waals surface area contributed by atoms with Crippen molar-refractivity contribution in [2.45, 2.75) is 6.54 Å². The second-order valence-corrected chi connectivity index (χ2v) is 6.90. The minimum absolute atomic E-state index is 0.0631. The Bertz CT molecular complexity index is 744. The monoisotopic (exact) mass is 351 g/mol. The number of benzene rings is 2. The predicted octanol–water partition coefficient (Wildman–Crippen LogP) is 2.20. The Hall–Kier alpha value is -2.25. The van der Waals surface area contributed by atoms with Crippen molar-refractivity contribution in [2.24, 2.45) is 0 Å². The Balaban J connectivity index is 1.82. The quantitative estimate of drug-likeness (QED) is 0.750. The number of hydrogen-bond acceptors (Lipinski definition) is 5. The Morgan fingerprint density at radius 3 is 2.25 bits per heavy atom. The molecule has 1 N–H and O–H groups in total. The van der Waals surface area contributed by atoms with E-state index in [-0.39, 0.29) is 18.9 Å². The number of para-hydroxylation sites is 1. The van der Waals surface area contributed by atoms with Crippen LogP contribution in [0, 0.1) is 0 Å². The molecule has 0 fully saturated rings. The lowest BCUT2D eigenvalue weighted by Gasteiger charge is -2.11. The Kier molecular flexibility index (Phi) is 6.45. The summed E-state index contributed by atoms with van der Waals surface area (Å²) >= 11 is 0. The summed E-state index contributed by atoms with van der Waals surface area (Å²) in [6.45, 7) is 0.239. The summed E-state index contributed by atoms with van der Waals surface area (Å²) in [5.74, 6) is 1.83. The van der Waals surface area contributed by atoms with Gasteiger partial charge in [0.15, 0.2) is 0 Å². The van der Waals surface area contributed by atoms with Crippen molar-refractivity contribution >= 4 is 10.0 Å². The van der Waals surface area contributed by atoms with Crippen molar-refractivity contribution in [3.63, 3.8) is 0 Å². The van der Waals surface area contributed by atoms with E-state index in [2.05, 4.69) is 4.72 Å². The number of nitrogens with one attached hydrogen (secondary N) is 1. The van der Waals surface area contributed by atoms with Gasteiger partial charge in [0.2, 0.25) is 10.0 Å². The van der Waals surface area contributed by atoms with Gasteiger partial charge in [0.25, 0.3) is 0 Å². The summed E-state index contributed by atoms with van der Waals surface area (Å²) in [5.41, 5.74) is 0.777. The van der Waals surface area contributed by atoms with Gasteiger partial charge < -0.3 is 14.2 Å². The smallest absolute Gasteiger partial charge is 0.215 e. The molecule has 2 aromatic carbocycles.